The largest absolute Gasteiger partial charge is 0.454 e. The van der Waals surface area contributed by atoms with Crippen molar-refractivity contribution in [1.29, 1.82) is 0 Å². The zero-order valence-electron chi connectivity index (χ0n) is 13.0. The van der Waals surface area contributed by atoms with E-state index in [2.05, 4.69) is 15.5 Å². The van der Waals surface area contributed by atoms with E-state index in [4.69, 9.17) is 32.7 Å². The Labute approximate surface area is 162 Å². The first-order chi connectivity index (χ1) is 12.6. The fraction of sp³-hybridized carbons (Fsp3) is 0.0588. The first-order valence-corrected chi connectivity index (χ1v) is 8.97. The molecule has 2 aromatic carbocycles. The number of hydrogen-bond acceptors (Lipinski definition) is 6. The Morgan fingerprint density at radius 1 is 1.15 bits per heavy atom. The highest BCUT2D eigenvalue weighted by Crippen LogP contribution is 2.36. The van der Waals surface area contributed by atoms with Gasteiger partial charge < -0.3 is 9.47 Å². The van der Waals surface area contributed by atoms with Crippen LogP contribution in [0, 0.1) is 5.82 Å². The lowest BCUT2D eigenvalue weighted by atomic mass is 10.2. The number of rotatable bonds is 4. The van der Waals surface area contributed by atoms with Crippen LogP contribution in [0.1, 0.15) is 5.56 Å². The van der Waals surface area contributed by atoms with Gasteiger partial charge in [0.05, 0.1) is 21.1 Å². The van der Waals surface area contributed by atoms with E-state index in [1.165, 1.54) is 23.5 Å². The van der Waals surface area contributed by atoms with Crippen molar-refractivity contribution >= 4 is 45.9 Å². The van der Waals surface area contributed by atoms with Crippen LogP contribution in [0.4, 0.5) is 9.52 Å². The van der Waals surface area contributed by atoms with E-state index < -0.39 is 5.82 Å². The summed E-state index contributed by atoms with van der Waals surface area (Å²) in [5.41, 5.74) is 4.21. The Morgan fingerprint density at radius 3 is 2.88 bits per heavy atom. The average molecular weight is 410 g/mol. The van der Waals surface area contributed by atoms with Crippen LogP contribution in [0.5, 0.6) is 11.5 Å². The van der Waals surface area contributed by atoms with E-state index >= 15 is 0 Å². The SMILES string of the molecule is Fc1cc(-c2cnc(N/N=C/c3ccc4c(c3)OCO4)s2)c(Cl)cc1Cl. The van der Waals surface area contributed by atoms with E-state index in [-0.39, 0.29) is 11.8 Å². The average Bonchev–Trinajstić information content (AvgIpc) is 3.27. The van der Waals surface area contributed by atoms with E-state index in [0.717, 1.165) is 5.56 Å². The molecule has 0 aliphatic carbocycles. The van der Waals surface area contributed by atoms with E-state index in [0.29, 0.717) is 32.1 Å². The van der Waals surface area contributed by atoms with Gasteiger partial charge in [0.15, 0.2) is 11.5 Å². The first kappa shape index (κ1) is 17.1. The van der Waals surface area contributed by atoms with Crippen molar-refractivity contribution in [2.45, 2.75) is 0 Å². The summed E-state index contributed by atoms with van der Waals surface area (Å²) < 4.78 is 24.3. The maximum absolute atomic E-state index is 13.7. The van der Waals surface area contributed by atoms with Gasteiger partial charge in [-0.25, -0.2) is 9.37 Å². The summed E-state index contributed by atoms with van der Waals surface area (Å²) in [6.07, 6.45) is 3.23. The molecule has 4 rings (SSSR count). The number of benzene rings is 2. The van der Waals surface area contributed by atoms with Crippen molar-refractivity contribution in [3.05, 3.63) is 58.0 Å². The number of fused-ring (bicyclic) bond motifs is 1. The molecule has 0 amide bonds. The Morgan fingerprint density at radius 2 is 2.00 bits per heavy atom. The van der Waals surface area contributed by atoms with Gasteiger partial charge in [0, 0.05) is 11.8 Å². The Bertz CT molecular complexity index is 1010. The van der Waals surface area contributed by atoms with E-state index in [1.54, 1.807) is 12.4 Å². The van der Waals surface area contributed by atoms with Crippen LogP contribution in [0.15, 0.2) is 41.6 Å². The molecule has 0 saturated heterocycles. The van der Waals surface area contributed by atoms with Gasteiger partial charge in [-0.2, -0.15) is 5.10 Å². The molecule has 0 radical (unpaired) electrons. The Kier molecular flexibility index (Phi) is 4.67. The number of aromatic nitrogens is 1. The van der Waals surface area contributed by atoms with Crippen LogP contribution in [0.3, 0.4) is 0 Å². The smallest absolute Gasteiger partial charge is 0.231 e. The molecule has 1 N–H and O–H groups in total. The second kappa shape index (κ2) is 7.11. The summed E-state index contributed by atoms with van der Waals surface area (Å²) in [6.45, 7) is 0.226. The van der Waals surface area contributed by atoms with Gasteiger partial charge in [0.1, 0.15) is 5.82 Å². The maximum Gasteiger partial charge on any atom is 0.231 e. The summed E-state index contributed by atoms with van der Waals surface area (Å²) >= 11 is 13.1. The molecule has 1 aliphatic heterocycles. The molecule has 5 nitrogen and oxygen atoms in total. The monoisotopic (exact) mass is 409 g/mol. The molecule has 2 heterocycles. The molecule has 0 saturated carbocycles. The number of hydrazone groups is 1. The highest BCUT2D eigenvalue weighted by atomic mass is 35.5. The lowest BCUT2D eigenvalue weighted by Gasteiger charge is -2.02. The van der Waals surface area contributed by atoms with Crippen molar-refractivity contribution < 1.29 is 13.9 Å². The van der Waals surface area contributed by atoms with Crippen molar-refractivity contribution in [3.8, 4) is 21.9 Å². The Hall–Kier alpha value is -2.35. The predicted octanol–water partition coefficient (Wildman–Crippen LogP) is 5.43. The fourth-order valence-electron chi connectivity index (χ4n) is 2.32. The molecular weight excluding hydrogens is 400 g/mol. The third kappa shape index (κ3) is 3.46. The third-order valence-electron chi connectivity index (χ3n) is 3.55. The molecule has 3 aromatic rings. The third-order valence-corrected chi connectivity index (χ3v) is 5.09. The topological polar surface area (TPSA) is 55.7 Å². The minimum absolute atomic E-state index is 0.0186. The second-order valence-electron chi connectivity index (χ2n) is 5.26. The van der Waals surface area contributed by atoms with Crippen molar-refractivity contribution in [3.63, 3.8) is 0 Å². The Balaban J connectivity index is 1.48. The highest BCUT2D eigenvalue weighted by Gasteiger charge is 2.13. The van der Waals surface area contributed by atoms with Crippen LogP contribution in [0.2, 0.25) is 10.0 Å². The van der Waals surface area contributed by atoms with E-state index in [9.17, 15) is 4.39 Å². The molecule has 1 aliphatic rings. The van der Waals surface area contributed by atoms with E-state index in [1.807, 2.05) is 18.2 Å². The van der Waals surface area contributed by atoms with Crippen LogP contribution >= 0.6 is 34.5 Å². The number of ether oxygens (including phenoxy) is 2. The molecule has 9 heteroatoms. The zero-order valence-corrected chi connectivity index (χ0v) is 15.3. The summed E-state index contributed by atoms with van der Waals surface area (Å²) in [5.74, 6) is 0.867. The summed E-state index contributed by atoms with van der Waals surface area (Å²) in [4.78, 5) is 4.91. The number of nitrogens with one attached hydrogen (secondary N) is 1. The van der Waals surface area contributed by atoms with Gasteiger partial charge in [-0.3, -0.25) is 5.43 Å². The van der Waals surface area contributed by atoms with Crippen LogP contribution in [0.25, 0.3) is 10.4 Å². The number of thiazole rings is 1. The second-order valence-corrected chi connectivity index (χ2v) is 7.10. The van der Waals surface area contributed by atoms with Gasteiger partial charge >= 0.3 is 0 Å². The predicted molar refractivity (Wildman–Crippen MR) is 101 cm³/mol. The summed E-state index contributed by atoms with van der Waals surface area (Å²) in [6, 6.07) is 8.18. The molecular formula is C17H10Cl2FN3O2S. The number of nitrogens with zero attached hydrogens (tertiary/aromatic N) is 2. The molecule has 0 atom stereocenters. The molecule has 0 spiro atoms. The zero-order chi connectivity index (χ0) is 18.1. The van der Waals surface area contributed by atoms with Crippen molar-refractivity contribution in [2.75, 3.05) is 12.2 Å². The number of anilines is 1. The quantitative estimate of drug-likeness (QED) is 0.354. The molecule has 132 valence electrons. The lowest BCUT2D eigenvalue weighted by Crippen LogP contribution is -1.93. The van der Waals surface area contributed by atoms with Gasteiger partial charge in [-0.1, -0.05) is 34.5 Å². The van der Waals surface area contributed by atoms with Crippen molar-refractivity contribution in [2.24, 2.45) is 5.10 Å². The molecule has 1 aromatic heterocycles. The molecule has 0 bridgehead atoms. The number of halogens is 3. The number of hydrogen-bond donors (Lipinski definition) is 1. The van der Waals surface area contributed by atoms with Crippen LogP contribution < -0.4 is 14.9 Å². The summed E-state index contributed by atoms with van der Waals surface area (Å²) in [7, 11) is 0. The van der Waals surface area contributed by atoms with Gasteiger partial charge in [-0.05, 0) is 35.9 Å². The van der Waals surface area contributed by atoms with Crippen LogP contribution in [-0.4, -0.2) is 18.0 Å². The minimum atomic E-state index is -0.533. The van der Waals surface area contributed by atoms with Gasteiger partial charge in [-0.15, -0.1) is 0 Å². The molecule has 26 heavy (non-hydrogen) atoms. The molecule has 0 unspecified atom stereocenters. The minimum Gasteiger partial charge on any atom is -0.454 e. The van der Waals surface area contributed by atoms with Crippen LogP contribution in [-0.2, 0) is 0 Å². The lowest BCUT2D eigenvalue weighted by molar-refractivity contribution is 0.174. The maximum atomic E-state index is 13.7. The van der Waals surface area contributed by atoms with Crippen molar-refractivity contribution in [1.82, 2.24) is 4.98 Å². The van der Waals surface area contributed by atoms with Gasteiger partial charge in [0.25, 0.3) is 0 Å². The summed E-state index contributed by atoms with van der Waals surface area (Å²) in [5, 5.41) is 5.03. The fourth-order valence-corrected chi connectivity index (χ4v) is 3.65. The van der Waals surface area contributed by atoms with Gasteiger partial charge in [0.2, 0.25) is 11.9 Å². The normalized spacial score (nSPS) is 12.7. The first-order valence-electron chi connectivity index (χ1n) is 7.39. The standard InChI is InChI=1S/C17H10Cl2FN3O2S/c18-11-5-12(19)13(20)4-10(11)16-7-21-17(26-16)23-22-6-9-1-2-14-15(3-9)25-8-24-14/h1-7H,8H2,(H,21,23)/b22-6+. The molecule has 0 fully saturated rings. The highest BCUT2D eigenvalue weighted by molar-refractivity contribution is 7.18.